The maximum Gasteiger partial charge on any atom is 0.286 e. The molecule has 0 aliphatic carbocycles. The molecule has 1 unspecified atom stereocenters. The second kappa shape index (κ2) is 8.71. The summed E-state index contributed by atoms with van der Waals surface area (Å²) in [4.78, 5) is 26.0. The third-order valence-electron chi connectivity index (χ3n) is 2.72. The highest BCUT2D eigenvalue weighted by molar-refractivity contribution is 7.99. The van der Waals surface area contributed by atoms with E-state index in [1.165, 1.54) is 0 Å². The number of nitrogens with one attached hydrogen (secondary N) is 3. The minimum Gasteiger partial charge on any atom is -0.382 e. The van der Waals surface area contributed by atoms with Gasteiger partial charge in [-0.2, -0.15) is 11.8 Å². The molecular formula is C13H22N4O3S. The van der Waals surface area contributed by atoms with Crippen LogP contribution in [0.15, 0.2) is 18.3 Å². The highest BCUT2D eigenvalue weighted by atomic mass is 32.2. The molecule has 0 radical (unpaired) electrons. The molecule has 1 aromatic heterocycles. The molecule has 6 N–H and O–H groups in total. The van der Waals surface area contributed by atoms with Crippen LogP contribution in [0.2, 0.25) is 0 Å². The summed E-state index contributed by atoms with van der Waals surface area (Å²) in [6.07, 6.45) is 0.748. The molecule has 1 heterocycles. The summed E-state index contributed by atoms with van der Waals surface area (Å²) in [6.45, 7) is 4.13. The van der Waals surface area contributed by atoms with Crippen LogP contribution in [0, 0.1) is 0 Å². The van der Waals surface area contributed by atoms with Gasteiger partial charge < -0.3 is 15.8 Å². The Morgan fingerprint density at radius 2 is 2.14 bits per heavy atom. The van der Waals surface area contributed by atoms with Crippen molar-refractivity contribution in [3.63, 3.8) is 0 Å². The number of nitrogens with two attached hydrogens (primary N) is 1. The van der Waals surface area contributed by atoms with Crippen molar-refractivity contribution in [3.8, 4) is 0 Å². The van der Waals surface area contributed by atoms with Crippen LogP contribution in [0.3, 0.4) is 0 Å². The minimum absolute atomic E-state index is 0.308. The second-order valence-corrected chi connectivity index (χ2v) is 6.53. The van der Waals surface area contributed by atoms with Gasteiger partial charge in [0.1, 0.15) is 11.8 Å². The molecule has 0 saturated carbocycles. The number of amides is 2. The molecule has 7 nitrogen and oxygen atoms in total. The smallest absolute Gasteiger partial charge is 0.286 e. The van der Waals surface area contributed by atoms with Crippen LogP contribution in [-0.2, 0) is 4.79 Å². The van der Waals surface area contributed by atoms with Crippen LogP contribution in [0.5, 0.6) is 0 Å². The topological polar surface area (TPSA) is 120 Å². The first-order valence-corrected chi connectivity index (χ1v) is 7.75. The summed E-state index contributed by atoms with van der Waals surface area (Å²) >= 11 is 1.71. The van der Waals surface area contributed by atoms with Gasteiger partial charge >= 0.3 is 0 Å². The molecule has 2 amide bonds. The Bertz CT molecular complexity index is 450. The third kappa shape index (κ3) is 6.19. The summed E-state index contributed by atoms with van der Waals surface area (Å²) in [6, 6.07) is 2.55. The van der Waals surface area contributed by atoms with Crippen LogP contribution in [-0.4, -0.2) is 45.1 Å². The molecule has 0 fully saturated rings. The van der Waals surface area contributed by atoms with Gasteiger partial charge in [0.25, 0.3) is 11.8 Å². The van der Waals surface area contributed by atoms with Gasteiger partial charge in [0.05, 0.1) is 0 Å². The van der Waals surface area contributed by atoms with Crippen LogP contribution < -0.4 is 16.6 Å². The molecule has 0 bridgehead atoms. The predicted molar refractivity (Wildman–Crippen MR) is 82.6 cm³/mol. The van der Waals surface area contributed by atoms with Gasteiger partial charge in [-0.3, -0.25) is 20.4 Å². The molecule has 21 heavy (non-hydrogen) atoms. The number of aliphatic hydroxyl groups excluding tert-OH is 1. The zero-order valence-electron chi connectivity index (χ0n) is 12.1. The summed E-state index contributed by atoms with van der Waals surface area (Å²) in [5, 5.41) is 10.3. The van der Waals surface area contributed by atoms with Gasteiger partial charge in [0.2, 0.25) is 0 Å². The molecule has 1 aromatic rings. The number of carbonyl (C=O) groups excluding carboxylic acids is 2. The number of hydrogen-bond acceptors (Lipinski definition) is 5. The van der Waals surface area contributed by atoms with E-state index in [4.69, 9.17) is 5.73 Å². The molecule has 8 heteroatoms. The lowest BCUT2D eigenvalue weighted by Gasteiger charge is -2.18. The van der Waals surface area contributed by atoms with Gasteiger partial charge in [0.15, 0.2) is 0 Å². The van der Waals surface area contributed by atoms with E-state index in [1.807, 2.05) is 0 Å². The summed E-state index contributed by atoms with van der Waals surface area (Å²) in [5.41, 5.74) is 10.4. The van der Waals surface area contributed by atoms with Crippen molar-refractivity contribution in [2.45, 2.75) is 37.7 Å². The van der Waals surface area contributed by atoms with Crippen molar-refractivity contribution >= 4 is 23.6 Å². The van der Waals surface area contributed by atoms with Crippen LogP contribution >= 0.6 is 11.8 Å². The Kier molecular flexibility index (Phi) is 7.27. The lowest BCUT2D eigenvalue weighted by molar-refractivity contribution is -0.131. The van der Waals surface area contributed by atoms with Crippen LogP contribution in [0.1, 0.15) is 30.8 Å². The predicted octanol–water partition coefficient (Wildman–Crippen LogP) is -0.00440. The number of thioether (sulfide) groups is 1. The zero-order valence-corrected chi connectivity index (χ0v) is 12.9. The summed E-state index contributed by atoms with van der Waals surface area (Å²) in [5.74, 6) is -0.459. The summed E-state index contributed by atoms with van der Waals surface area (Å²) in [7, 11) is 0. The quantitative estimate of drug-likeness (QED) is 0.454. The van der Waals surface area contributed by atoms with Crippen molar-refractivity contribution in [1.82, 2.24) is 15.8 Å². The Morgan fingerprint density at radius 3 is 2.71 bits per heavy atom. The van der Waals surface area contributed by atoms with E-state index < -0.39 is 24.0 Å². The first-order valence-electron chi connectivity index (χ1n) is 6.70. The second-order valence-electron chi connectivity index (χ2n) is 4.84. The average Bonchev–Trinajstić information content (AvgIpc) is 2.97. The number of hydrazine groups is 1. The normalized spacial score (nSPS) is 13.8. The van der Waals surface area contributed by atoms with Crippen LogP contribution in [0.25, 0.3) is 0 Å². The van der Waals surface area contributed by atoms with E-state index in [0.717, 1.165) is 5.75 Å². The molecule has 2 atom stereocenters. The maximum atomic E-state index is 11.7. The third-order valence-corrected chi connectivity index (χ3v) is 3.86. The number of aromatic amines is 1. The van der Waals surface area contributed by atoms with E-state index >= 15 is 0 Å². The van der Waals surface area contributed by atoms with Crippen molar-refractivity contribution < 1.29 is 14.7 Å². The Morgan fingerprint density at radius 1 is 1.43 bits per heavy atom. The highest BCUT2D eigenvalue weighted by Gasteiger charge is 2.23. The van der Waals surface area contributed by atoms with Gasteiger partial charge in [-0.1, -0.05) is 13.8 Å². The first-order chi connectivity index (χ1) is 9.91. The fourth-order valence-corrected chi connectivity index (χ4v) is 2.40. The molecule has 0 spiro atoms. The Hall–Kier alpha value is -1.51. The van der Waals surface area contributed by atoms with Crippen molar-refractivity contribution in [3.05, 3.63) is 24.0 Å². The Labute approximate surface area is 128 Å². The molecule has 0 aromatic carbocycles. The molecular weight excluding hydrogens is 292 g/mol. The summed E-state index contributed by atoms with van der Waals surface area (Å²) < 4.78 is 0. The van der Waals surface area contributed by atoms with E-state index in [0.29, 0.717) is 17.4 Å². The molecule has 0 saturated heterocycles. The fraction of sp³-hybridized carbons (Fsp3) is 0.538. The first kappa shape index (κ1) is 17.5. The maximum absolute atomic E-state index is 11.7. The minimum atomic E-state index is -1.36. The monoisotopic (exact) mass is 314 g/mol. The lowest BCUT2D eigenvalue weighted by atomic mass is 10.1. The van der Waals surface area contributed by atoms with E-state index in [2.05, 4.69) is 29.7 Å². The number of aliphatic hydroxyl groups is 1. The number of hydrogen-bond donors (Lipinski definition) is 5. The van der Waals surface area contributed by atoms with Gasteiger partial charge in [-0.15, -0.1) is 0 Å². The number of carbonyl (C=O) groups is 2. The number of rotatable bonds is 7. The SMILES string of the molecule is CC(C)SCC[C@@H](N)C(O)C(=O)NNC(=O)c1ccc[nH]1. The van der Waals surface area contributed by atoms with Crippen molar-refractivity contribution in [1.29, 1.82) is 0 Å². The zero-order chi connectivity index (χ0) is 15.8. The van der Waals surface area contributed by atoms with Crippen molar-refractivity contribution in [2.75, 3.05) is 5.75 Å². The molecule has 1 rings (SSSR count). The standard InChI is InChI=1S/C13H22N4O3S/c1-8(2)21-7-5-9(14)11(18)13(20)17-16-12(19)10-4-3-6-15-10/h3-4,6,8-9,11,15,18H,5,7,14H2,1-2H3,(H,16,19)(H,17,20)/t9-,11?/m1/s1. The van der Waals surface area contributed by atoms with Crippen LogP contribution in [0.4, 0.5) is 0 Å². The molecule has 118 valence electrons. The fourth-order valence-electron chi connectivity index (χ4n) is 1.52. The lowest BCUT2D eigenvalue weighted by Crippen LogP contribution is -2.52. The van der Waals surface area contributed by atoms with E-state index in [-0.39, 0.29) is 0 Å². The van der Waals surface area contributed by atoms with Crippen molar-refractivity contribution in [2.24, 2.45) is 5.73 Å². The largest absolute Gasteiger partial charge is 0.382 e. The van der Waals surface area contributed by atoms with Gasteiger partial charge in [-0.25, -0.2) is 0 Å². The van der Waals surface area contributed by atoms with Gasteiger partial charge in [0, 0.05) is 12.2 Å². The number of aromatic nitrogens is 1. The highest BCUT2D eigenvalue weighted by Crippen LogP contribution is 2.12. The van der Waals surface area contributed by atoms with Gasteiger partial charge in [-0.05, 0) is 29.6 Å². The number of H-pyrrole nitrogens is 1. The molecule has 0 aliphatic rings. The van der Waals surface area contributed by atoms with E-state index in [1.54, 1.807) is 30.1 Å². The van der Waals surface area contributed by atoms with E-state index in [9.17, 15) is 14.7 Å². The Balaban J connectivity index is 2.31. The molecule has 0 aliphatic heterocycles. The average molecular weight is 314 g/mol.